The molecule has 0 aliphatic carbocycles. The summed E-state index contributed by atoms with van der Waals surface area (Å²) in [4.78, 5) is 12.1. The first-order chi connectivity index (χ1) is 9.70. The van der Waals surface area contributed by atoms with E-state index in [9.17, 15) is 4.79 Å². The Balaban J connectivity index is 2.06. The van der Waals surface area contributed by atoms with Gasteiger partial charge < -0.3 is 10.1 Å². The molecule has 4 heteroatoms. The van der Waals surface area contributed by atoms with E-state index in [0.717, 1.165) is 10.2 Å². The van der Waals surface area contributed by atoms with Crippen LogP contribution in [-0.4, -0.2) is 12.5 Å². The quantitative estimate of drug-likeness (QED) is 0.831. The Morgan fingerprint density at radius 3 is 2.55 bits per heavy atom. The number of carbonyl (C=O) groups is 1. The van der Waals surface area contributed by atoms with Gasteiger partial charge in [-0.3, -0.25) is 4.79 Å². The van der Waals surface area contributed by atoms with E-state index in [-0.39, 0.29) is 5.91 Å². The van der Waals surface area contributed by atoms with Crippen molar-refractivity contribution in [2.24, 2.45) is 0 Å². The highest BCUT2D eigenvalue weighted by molar-refractivity contribution is 9.10. The molecule has 2 rings (SSSR count). The summed E-state index contributed by atoms with van der Waals surface area (Å²) >= 11 is 3.39. The molecular weight excluding hydrogens is 318 g/mol. The highest BCUT2D eigenvalue weighted by atomic mass is 79.9. The molecule has 0 saturated heterocycles. The molecule has 0 heterocycles. The number of hydrogen-bond acceptors (Lipinski definition) is 2. The zero-order chi connectivity index (χ0) is 14.4. The fraction of sp³-hybridized carbons (Fsp3) is 0.0625. The first-order valence-corrected chi connectivity index (χ1v) is 6.89. The predicted molar refractivity (Wildman–Crippen MR) is 84.2 cm³/mol. The second kappa shape index (κ2) is 6.91. The number of carbonyl (C=O) groups excluding carboxylic acids is 1. The third kappa shape index (κ3) is 3.71. The molecule has 2 aromatic rings. The number of para-hydroxylation sites is 1. The van der Waals surface area contributed by atoms with Crippen molar-refractivity contribution in [1.82, 2.24) is 0 Å². The summed E-state index contributed by atoms with van der Waals surface area (Å²) < 4.78 is 6.22. The molecule has 0 radical (unpaired) electrons. The number of ether oxygens (including phenoxy) is 1. The van der Waals surface area contributed by atoms with Crippen LogP contribution in [0, 0.1) is 0 Å². The molecule has 0 aliphatic heterocycles. The minimum absolute atomic E-state index is 0.160. The SMILES string of the molecule is C=CCOc1ccc(C(=O)Nc2ccccc2Br)cc1. The van der Waals surface area contributed by atoms with Crippen molar-refractivity contribution in [1.29, 1.82) is 0 Å². The Labute approximate surface area is 126 Å². The van der Waals surface area contributed by atoms with Gasteiger partial charge in [0.2, 0.25) is 0 Å². The second-order valence-electron chi connectivity index (χ2n) is 4.06. The van der Waals surface area contributed by atoms with Gasteiger partial charge in [-0.1, -0.05) is 24.8 Å². The number of amides is 1. The van der Waals surface area contributed by atoms with Crippen molar-refractivity contribution >= 4 is 27.5 Å². The number of anilines is 1. The van der Waals surface area contributed by atoms with Gasteiger partial charge in [-0.15, -0.1) is 0 Å². The van der Waals surface area contributed by atoms with Gasteiger partial charge in [0.15, 0.2) is 0 Å². The van der Waals surface area contributed by atoms with Crippen LogP contribution >= 0.6 is 15.9 Å². The molecule has 0 unspecified atom stereocenters. The van der Waals surface area contributed by atoms with E-state index < -0.39 is 0 Å². The molecule has 1 N–H and O–H groups in total. The van der Waals surface area contributed by atoms with Crippen molar-refractivity contribution in [3.05, 3.63) is 71.2 Å². The topological polar surface area (TPSA) is 38.3 Å². The van der Waals surface area contributed by atoms with E-state index in [1.807, 2.05) is 24.3 Å². The lowest BCUT2D eigenvalue weighted by molar-refractivity contribution is 0.102. The summed E-state index contributed by atoms with van der Waals surface area (Å²) in [5.74, 6) is 0.550. The molecule has 20 heavy (non-hydrogen) atoms. The van der Waals surface area contributed by atoms with Crippen molar-refractivity contribution in [3.63, 3.8) is 0 Å². The molecule has 0 saturated carbocycles. The van der Waals surface area contributed by atoms with Crippen LogP contribution in [0.5, 0.6) is 5.75 Å². The summed E-state index contributed by atoms with van der Waals surface area (Å²) in [5.41, 5.74) is 1.32. The number of rotatable bonds is 5. The molecule has 102 valence electrons. The molecule has 0 spiro atoms. The predicted octanol–water partition coefficient (Wildman–Crippen LogP) is 4.27. The van der Waals surface area contributed by atoms with Gasteiger partial charge in [0.1, 0.15) is 12.4 Å². The number of halogens is 1. The average molecular weight is 332 g/mol. The Bertz CT molecular complexity index is 608. The Kier molecular flexibility index (Phi) is 4.96. The smallest absolute Gasteiger partial charge is 0.255 e. The third-order valence-corrected chi connectivity index (χ3v) is 3.30. The van der Waals surface area contributed by atoms with E-state index in [2.05, 4.69) is 27.8 Å². The van der Waals surface area contributed by atoms with E-state index >= 15 is 0 Å². The first-order valence-electron chi connectivity index (χ1n) is 6.10. The molecule has 0 atom stereocenters. The zero-order valence-corrected chi connectivity index (χ0v) is 12.4. The van der Waals surface area contributed by atoms with Gasteiger partial charge in [0, 0.05) is 10.0 Å². The Morgan fingerprint density at radius 1 is 1.20 bits per heavy atom. The van der Waals surface area contributed by atoms with Crippen LogP contribution in [0.3, 0.4) is 0 Å². The fourth-order valence-corrected chi connectivity index (χ4v) is 2.00. The normalized spacial score (nSPS) is 9.85. The summed E-state index contributed by atoms with van der Waals surface area (Å²) in [7, 11) is 0. The van der Waals surface area contributed by atoms with Gasteiger partial charge in [-0.25, -0.2) is 0 Å². The minimum atomic E-state index is -0.160. The summed E-state index contributed by atoms with van der Waals surface area (Å²) in [6.07, 6.45) is 1.67. The van der Waals surface area contributed by atoms with Gasteiger partial charge in [-0.05, 0) is 52.3 Å². The maximum atomic E-state index is 12.1. The van der Waals surface area contributed by atoms with E-state index in [1.54, 1.807) is 30.3 Å². The van der Waals surface area contributed by atoms with Gasteiger partial charge in [-0.2, -0.15) is 0 Å². The molecule has 0 aliphatic rings. The summed E-state index contributed by atoms with van der Waals surface area (Å²) in [6, 6.07) is 14.5. The zero-order valence-electron chi connectivity index (χ0n) is 10.8. The third-order valence-electron chi connectivity index (χ3n) is 2.61. The van der Waals surface area contributed by atoms with Crippen LogP contribution in [0.4, 0.5) is 5.69 Å². The number of hydrogen-bond donors (Lipinski definition) is 1. The van der Waals surface area contributed by atoms with Crippen LogP contribution in [0.2, 0.25) is 0 Å². The molecule has 3 nitrogen and oxygen atoms in total. The van der Waals surface area contributed by atoms with Crippen molar-refractivity contribution < 1.29 is 9.53 Å². The summed E-state index contributed by atoms with van der Waals surface area (Å²) in [5, 5.41) is 2.85. The number of nitrogens with one attached hydrogen (secondary N) is 1. The van der Waals surface area contributed by atoms with Crippen molar-refractivity contribution in [2.45, 2.75) is 0 Å². The van der Waals surface area contributed by atoms with E-state index in [4.69, 9.17) is 4.74 Å². The maximum absolute atomic E-state index is 12.1. The second-order valence-corrected chi connectivity index (χ2v) is 4.91. The van der Waals surface area contributed by atoms with Crippen LogP contribution in [-0.2, 0) is 0 Å². The summed E-state index contributed by atoms with van der Waals surface area (Å²) in [6.45, 7) is 4.03. The van der Waals surface area contributed by atoms with E-state index in [0.29, 0.717) is 17.9 Å². The molecule has 1 amide bonds. The van der Waals surface area contributed by atoms with Gasteiger partial charge in [0.05, 0.1) is 5.69 Å². The Hall–Kier alpha value is -2.07. The lowest BCUT2D eigenvalue weighted by atomic mass is 10.2. The highest BCUT2D eigenvalue weighted by Crippen LogP contribution is 2.22. The lowest BCUT2D eigenvalue weighted by Gasteiger charge is -2.08. The molecular formula is C16H14BrNO2. The van der Waals surface area contributed by atoms with Crippen LogP contribution in [0.25, 0.3) is 0 Å². The standard InChI is InChI=1S/C16H14BrNO2/c1-2-11-20-13-9-7-12(8-10-13)16(19)18-15-6-4-3-5-14(15)17/h2-10H,1,11H2,(H,18,19). The highest BCUT2D eigenvalue weighted by Gasteiger charge is 2.07. The molecule has 0 fully saturated rings. The molecule has 2 aromatic carbocycles. The van der Waals surface area contributed by atoms with Crippen LogP contribution < -0.4 is 10.1 Å². The largest absolute Gasteiger partial charge is 0.490 e. The molecule has 0 bridgehead atoms. The first kappa shape index (κ1) is 14.3. The van der Waals surface area contributed by atoms with Gasteiger partial charge >= 0.3 is 0 Å². The average Bonchev–Trinajstić information content (AvgIpc) is 2.48. The maximum Gasteiger partial charge on any atom is 0.255 e. The van der Waals surface area contributed by atoms with Crippen LogP contribution in [0.1, 0.15) is 10.4 Å². The monoisotopic (exact) mass is 331 g/mol. The van der Waals surface area contributed by atoms with E-state index in [1.165, 1.54) is 0 Å². The number of benzene rings is 2. The molecule has 0 aromatic heterocycles. The fourth-order valence-electron chi connectivity index (χ4n) is 1.61. The van der Waals surface area contributed by atoms with Crippen LogP contribution in [0.15, 0.2) is 65.7 Å². The van der Waals surface area contributed by atoms with Crippen molar-refractivity contribution in [2.75, 3.05) is 11.9 Å². The Morgan fingerprint density at radius 2 is 1.90 bits per heavy atom. The van der Waals surface area contributed by atoms with Crippen molar-refractivity contribution in [3.8, 4) is 5.75 Å². The minimum Gasteiger partial charge on any atom is -0.490 e. The van der Waals surface area contributed by atoms with Gasteiger partial charge in [0.25, 0.3) is 5.91 Å². The lowest BCUT2D eigenvalue weighted by Crippen LogP contribution is -2.12.